The van der Waals surface area contributed by atoms with E-state index in [2.05, 4.69) is 15.1 Å². The summed E-state index contributed by atoms with van der Waals surface area (Å²) in [5.74, 6) is 1.76. The van der Waals surface area contributed by atoms with E-state index in [-0.39, 0.29) is 0 Å². The molecule has 0 aliphatic rings. The van der Waals surface area contributed by atoms with Crippen LogP contribution in [0, 0.1) is 0 Å². The zero-order valence-corrected chi connectivity index (χ0v) is 17.5. The number of nitrogens with zero attached hydrogens (tertiary/aromatic N) is 4. The van der Waals surface area contributed by atoms with Crippen molar-refractivity contribution >= 4 is 11.6 Å². The summed E-state index contributed by atoms with van der Waals surface area (Å²) in [6.07, 6.45) is 2.41. The Morgan fingerprint density at radius 1 is 1.10 bits per heavy atom. The molecule has 0 atom stereocenters. The van der Waals surface area contributed by atoms with Crippen molar-refractivity contribution in [3.8, 4) is 23.0 Å². The molecule has 0 saturated heterocycles. The van der Waals surface area contributed by atoms with E-state index in [4.69, 9.17) is 25.6 Å². The highest BCUT2D eigenvalue weighted by molar-refractivity contribution is 6.30. The average molecular weight is 425 g/mol. The standard InChI is InChI=1S/C22H21ClN4O3/c1-3-20-25-22(30-26-20)21-19(13-28-2)27(14-24-21)17-5-4-6-18(11-17)29-12-15-7-9-16(23)10-8-15/h4-11,14H,3,12-13H2,1-2H3. The molecule has 0 amide bonds. The minimum atomic E-state index is 0.342. The van der Waals surface area contributed by atoms with Crippen LogP contribution >= 0.6 is 11.6 Å². The first-order valence-corrected chi connectivity index (χ1v) is 9.91. The van der Waals surface area contributed by atoms with Crippen LogP contribution in [0.3, 0.4) is 0 Å². The minimum absolute atomic E-state index is 0.342. The Morgan fingerprint density at radius 3 is 2.67 bits per heavy atom. The van der Waals surface area contributed by atoms with Crippen molar-refractivity contribution in [3.05, 3.63) is 77.0 Å². The van der Waals surface area contributed by atoms with Crippen LogP contribution in [0.2, 0.25) is 5.02 Å². The fourth-order valence-electron chi connectivity index (χ4n) is 3.01. The molecule has 4 rings (SSSR count). The highest BCUT2D eigenvalue weighted by Gasteiger charge is 2.19. The van der Waals surface area contributed by atoms with Gasteiger partial charge < -0.3 is 14.0 Å². The van der Waals surface area contributed by atoms with Gasteiger partial charge in [-0.1, -0.05) is 41.9 Å². The first kappa shape index (κ1) is 20.1. The predicted octanol–water partition coefficient (Wildman–Crippen LogP) is 4.86. The number of hydrogen-bond donors (Lipinski definition) is 0. The summed E-state index contributed by atoms with van der Waals surface area (Å²) >= 11 is 5.94. The maximum Gasteiger partial charge on any atom is 0.278 e. The number of rotatable bonds is 8. The molecule has 2 aromatic carbocycles. The smallest absolute Gasteiger partial charge is 0.278 e. The molecular formula is C22H21ClN4O3. The van der Waals surface area contributed by atoms with E-state index in [1.165, 1.54) is 0 Å². The number of benzene rings is 2. The SMILES string of the molecule is CCc1noc(-c2ncn(-c3cccc(OCc4ccc(Cl)cc4)c3)c2COC)n1. The fraction of sp³-hybridized carbons (Fsp3) is 0.227. The molecule has 0 bridgehead atoms. The number of aryl methyl sites for hydroxylation is 1. The number of methoxy groups -OCH3 is 1. The lowest BCUT2D eigenvalue weighted by atomic mass is 10.2. The van der Waals surface area contributed by atoms with Gasteiger partial charge in [0.25, 0.3) is 5.89 Å². The molecule has 0 N–H and O–H groups in total. The van der Waals surface area contributed by atoms with E-state index >= 15 is 0 Å². The van der Waals surface area contributed by atoms with Gasteiger partial charge in [-0.15, -0.1) is 0 Å². The van der Waals surface area contributed by atoms with Gasteiger partial charge in [0.15, 0.2) is 11.5 Å². The van der Waals surface area contributed by atoms with Crippen molar-refractivity contribution in [1.82, 2.24) is 19.7 Å². The quantitative estimate of drug-likeness (QED) is 0.402. The summed E-state index contributed by atoms with van der Waals surface area (Å²) in [5, 5.41) is 4.67. The van der Waals surface area contributed by atoms with Crippen LogP contribution in [0.5, 0.6) is 5.75 Å². The van der Waals surface area contributed by atoms with Crippen LogP contribution in [0.15, 0.2) is 59.4 Å². The van der Waals surface area contributed by atoms with Crippen LogP contribution in [0.25, 0.3) is 17.3 Å². The van der Waals surface area contributed by atoms with Gasteiger partial charge in [0.05, 0.1) is 18.0 Å². The third-order valence-electron chi connectivity index (χ3n) is 4.55. The van der Waals surface area contributed by atoms with Crippen LogP contribution < -0.4 is 4.74 Å². The number of ether oxygens (including phenoxy) is 2. The van der Waals surface area contributed by atoms with Gasteiger partial charge in [0, 0.05) is 24.6 Å². The Balaban J connectivity index is 1.60. The summed E-state index contributed by atoms with van der Waals surface area (Å²) in [6, 6.07) is 15.4. The Morgan fingerprint density at radius 2 is 1.93 bits per heavy atom. The van der Waals surface area contributed by atoms with Gasteiger partial charge in [-0.3, -0.25) is 4.57 Å². The van der Waals surface area contributed by atoms with Gasteiger partial charge in [0.2, 0.25) is 0 Å². The second-order valence-corrected chi connectivity index (χ2v) is 7.06. The normalized spacial score (nSPS) is 11.0. The Bertz CT molecular complexity index is 1120. The summed E-state index contributed by atoms with van der Waals surface area (Å²) in [4.78, 5) is 8.89. The first-order chi connectivity index (χ1) is 14.7. The lowest BCUT2D eigenvalue weighted by Gasteiger charge is -2.11. The van der Waals surface area contributed by atoms with Gasteiger partial charge in [-0.2, -0.15) is 4.98 Å². The zero-order valence-electron chi connectivity index (χ0n) is 16.7. The van der Waals surface area contributed by atoms with Crippen molar-refractivity contribution in [2.45, 2.75) is 26.6 Å². The molecule has 7 nitrogen and oxygen atoms in total. The van der Waals surface area contributed by atoms with E-state index in [0.29, 0.717) is 42.1 Å². The Hall–Kier alpha value is -3.16. The molecule has 2 heterocycles. The first-order valence-electron chi connectivity index (χ1n) is 9.53. The Kier molecular flexibility index (Phi) is 6.11. The highest BCUT2D eigenvalue weighted by atomic mass is 35.5. The maximum atomic E-state index is 5.95. The second-order valence-electron chi connectivity index (χ2n) is 6.62. The Labute approximate surface area is 179 Å². The molecular weight excluding hydrogens is 404 g/mol. The molecule has 0 fully saturated rings. The van der Waals surface area contributed by atoms with E-state index < -0.39 is 0 Å². The van der Waals surface area contributed by atoms with Crippen LogP contribution in [-0.4, -0.2) is 26.8 Å². The van der Waals surface area contributed by atoms with Crippen molar-refractivity contribution < 1.29 is 14.0 Å². The summed E-state index contributed by atoms with van der Waals surface area (Å²) in [6.45, 7) is 2.76. The number of imidazole rings is 1. The van der Waals surface area contributed by atoms with Gasteiger partial charge in [-0.05, 0) is 29.8 Å². The topological polar surface area (TPSA) is 75.2 Å². The largest absolute Gasteiger partial charge is 0.489 e. The molecule has 2 aromatic heterocycles. The van der Waals surface area contributed by atoms with E-state index in [0.717, 1.165) is 22.7 Å². The summed E-state index contributed by atoms with van der Waals surface area (Å²) < 4.78 is 18.7. The molecule has 0 aliphatic heterocycles. The number of hydrogen-bond acceptors (Lipinski definition) is 6. The van der Waals surface area contributed by atoms with Crippen LogP contribution in [0.4, 0.5) is 0 Å². The molecule has 0 radical (unpaired) electrons. The zero-order chi connectivity index (χ0) is 20.9. The second kappa shape index (κ2) is 9.11. The van der Waals surface area contributed by atoms with E-state index in [1.807, 2.05) is 60.0 Å². The summed E-state index contributed by atoms with van der Waals surface area (Å²) in [5.41, 5.74) is 3.36. The maximum absolute atomic E-state index is 5.95. The predicted molar refractivity (Wildman–Crippen MR) is 113 cm³/mol. The lowest BCUT2D eigenvalue weighted by molar-refractivity contribution is 0.180. The highest BCUT2D eigenvalue weighted by Crippen LogP contribution is 2.26. The monoisotopic (exact) mass is 424 g/mol. The van der Waals surface area contributed by atoms with Crippen LogP contribution in [0.1, 0.15) is 24.0 Å². The van der Waals surface area contributed by atoms with Crippen molar-refractivity contribution in [1.29, 1.82) is 0 Å². The molecule has 30 heavy (non-hydrogen) atoms. The van der Waals surface area contributed by atoms with Crippen LogP contribution in [-0.2, 0) is 24.4 Å². The fourth-order valence-corrected chi connectivity index (χ4v) is 3.14. The number of aromatic nitrogens is 4. The molecule has 154 valence electrons. The van der Waals surface area contributed by atoms with E-state index in [9.17, 15) is 0 Å². The molecule has 0 aliphatic carbocycles. The number of halogens is 1. The third kappa shape index (κ3) is 4.37. The van der Waals surface area contributed by atoms with Gasteiger partial charge in [-0.25, -0.2) is 4.98 Å². The van der Waals surface area contributed by atoms with Crippen molar-refractivity contribution in [2.75, 3.05) is 7.11 Å². The third-order valence-corrected chi connectivity index (χ3v) is 4.80. The molecule has 4 aromatic rings. The summed E-state index contributed by atoms with van der Waals surface area (Å²) in [7, 11) is 1.64. The molecule has 0 saturated carbocycles. The molecule has 0 unspecified atom stereocenters. The van der Waals surface area contributed by atoms with Crippen molar-refractivity contribution in [3.63, 3.8) is 0 Å². The lowest BCUT2D eigenvalue weighted by Crippen LogP contribution is -2.03. The van der Waals surface area contributed by atoms with E-state index in [1.54, 1.807) is 13.4 Å². The average Bonchev–Trinajstić information content (AvgIpc) is 3.41. The molecule has 0 spiro atoms. The van der Waals surface area contributed by atoms with Gasteiger partial charge >= 0.3 is 0 Å². The van der Waals surface area contributed by atoms with Gasteiger partial charge in [0.1, 0.15) is 18.7 Å². The molecule has 8 heteroatoms. The van der Waals surface area contributed by atoms with Crippen molar-refractivity contribution in [2.24, 2.45) is 0 Å². The minimum Gasteiger partial charge on any atom is -0.489 e.